The van der Waals surface area contributed by atoms with Crippen LogP contribution < -0.4 is 0 Å². The predicted octanol–water partition coefficient (Wildman–Crippen LogP) is 2.52. The van der Waals surface area contributed by atoms with E-state index in [2.05, 4.69) is 34.9 Å². The van der Waals surface area contributed by atoms with Crippen LogP contribution in [-0.2, 0) is 0 Å². The molecule has 1 radical (unpaired) electrons. The topological polar surface area (TPSA) is 17.8 Å². The van der Waals surface area contributed by atoms with Crippen molar-refractivity contribution < 1.29 is 0 Å². The molecule has 0 atom stereocenters. The molecule has 3 heteroatoms. The van der Waals surface area contributed by atoms with E-state index in [0.29, 0.717) is 0 Å². The van der Waals surface area contributed by atoms with Crippen LogP contribution in [0, 0.1) is 6.07 Å². The van der Waals surface area contributed by atoms with E-state index in [9.17, 15) is 0 Å². The van der Waals surface area contributed by atoms with Gasteiger partial charge < -0.3 is 4.23 Å². The second-order valence-electron chi connectivity index (χ2n) is 4.20. The maximum atomic E-state index is 4.36. The summed E-state index contributed by atoms with van der Waals surface area (Å²) in [5.74, 6) is 0. The van der Waals surface area contributed by atoms with Crippen LogP contribution >= 0.6 is 0 Å². The van der Waals surface area contributed by atoms with E-state index in [0.717, 1.165) is 5.52 Å². The first-order chi connectivity index (χ1) is 6.09. The first kappa shape index (κ1) is 8.50. The van der Waals surface area contributed by atoms with E-state index in [4.69, 9.17) is 0 Å². The molecule has 0 saturated carbocycles. The van der Waals surface area contributed by atoms with Crippen molar-refractivity contribution in [2.75, 3.05) is 0 Å². The van der Waals surface area contributed by atoms with Crippen LogP contribution in [0.4, 0.5) is 0 Å². The Morgan fingerprint density at radius 3 is 2.85 bits per heavy atom. The number of hydrogen-bond acceptors (Lipinski definition) is 1. The molecule has 1 heterocycles. The molecule has 0 spiro atoms. The van der Waals surface area contributed by atoms with E-state index in [1.54, 1.807) is 0 Å². The molecule has 67 valence electrons. The van der Waals surface area contributed by atoms with Gasteiger partial charge in [0.15, 0.2) is 8.24 Å². The van der Waals surface area contributed by atoms with Crippen LogP contribution in [0.25, 0.3) is 11.0 Å². The molecule has 0 aliphatic heterocycles. The first-order valence-corrected chi connectivity index (χ1v) is 7.87. The fourth-order valence-electron chi connectivity index (χ4n) is 1.43. The maximum Gasteiger partial charge on any atom is 0.154 e. The highest BCUT2D eigenvalue weighted by atomic mass is 28.3. The van der Waals surface area contributed by atoms with Gasteiger partial charge in [-0.3, -0.25) is 0 Å². The Morgan fingerprint density at radius 1 is 1.38 bits per heavy atom. The molecule has 0 N–H and O–H groups in total. The zero-order valence-corrected chi connectivity index (χ0v) is 9.20. The third-order valence-corrected chi connectivity index (χ3v) is 3.92. The van der Waals surface area contributed by atoms with E-state index in [1.807, 2.05) is 24.5 Å². The number of benzene rings is 1. The van der Waals surface area contributed by atoms with Crippen molar-refractivity contribution in [2.24, 2.45) is 0 Å². The number of hydrogen-bond donors (Lipinski definition) is 0. The summed E-state index contributed by atoms with van der Waals surface area (Å²) in [6, 6.07) is 9.02. The number of imidazole rings is 1. The molecule has 0 aliphatic rings. The predicted molar refractivity (Wildman–Crippen MR) is 57.3 cm³/mol. The van der Waals surface area contributed by atoms with Crippen LogP contribution in [0.1, 0.15) is 0 Å². The molecule has 0 saturated heterocycles. The zero-order valence-electron chi connectivity index (χ0n) is 8.20. The molecule has 1 aromatic carbocycles. The van der Waals surface area contributed by atoms with Gasteiger partial charge >= 0.3 is 0 Å². The van der Waals surface area contributed by atoms with Crippen molar-refractivity contribution in [3.05, 3.63) is 30.6 Å². The molecule has 0 fully saturated rings. The van der Waals surface area contributed by atoms with Gasteiger partial charge in [0.05, 0.1) is 17.4 Å². The number of aromatic nitrogens is 2. The molecule has 0 amide bonds. The lowest BCUT2D eigenvalue weighted by Crippen LogP contribution is -2.30. The average Bonchev–Trinajstić information content (AvgIpc) is 2.45. The van der Waals surface area contributed by atoms with E-state index in [-0.39, 0.29) is 0 Å². The lowest BCUT2D eigenvalue weighted by Gasteiger charge is -2.18. The van der Waals surface area contributed by atoms with Crippen LogP contribution in [0.2, 0.25) is 19.6 Å². The number of rotatable bonds is 1. The summed E-state index contributed by atoms with van der Waals surface area (Å²) in [6.07, 6.45) is 1.95. The quantitative estimate of drug-likeness (QED) is 0.630. The number of nitrogens with zero attached hydrogens (tertiary/aromatic N) is 2. The molecule has 2 rings (SSSR count). The molecule has 0 aliphatic carbocycles. The molecule has 13 heavy (non-hydrogen) atoms. The van der Waals surface area contributed by atoms with Crippen LogP contribution in [-0.4, -0.2) is 17.5 Å². The standard InChI is InChI=1S/C10H13N2Si/c1-13(2,3)12-8-11-9-6-4-5-7-10(9)12/h4,6-8H,1-3H3. The summed E-state index contributed by atoms with van der Waals surface area (Å²) in [6.45, 7) is 6.92. The lowest BCUT2D eigenvalue weighted by atomic mass is 10.3. The third kappa shape index (κ3) is 1.39. The van der Waals surface area contributed by atoms with Crippen molar-refractivity contribution in [1.82, 2.24) is 9.22 Å². The largest absolute Gasteiger partial charge is 0.359 e. The van der Waals surface area contributed by atoms with Crippen molar-refractivity contribution >= 4 is 19.3 Å². The Balaban J connectivity index is 2.72. The summed E-state index contributed by atoms with van der Waals surface area (Å²) < 4.78 is 2.30. The molecule has 2 aromatic rings. The highest BCUT2D eigenvalue weighted by Gasteiger charge is 2.18. The molecule has 0 unspecified atom stereocenters. The monoisotopic (exact) mass is 189 g/mol. The Kier molecular flexibility index (Phi) is 1.77. The summed E-state index contributed by atoms with van der Waals surface area (Å²) in [5, 5.41) is 0. The van der Waals surface area contributed by atoms with E-state index >= 15 is 0 Å². The number of fused-ring (bicyclic) bond motifs is 1. The molecule has 0 bridgehead atoms. The first-order valence-electron chi connectivity index (χ1n) is 4.43. The van der Waals surface area contributed by atoms with Gasteiger partial charge in [-0.2, -0.15) is 0 Å². The van der Waals surface area contributed by atoms with Gasteiger partial charge in [0.1, 0.15) is 0 Å². The molecule has 1 aromatic heterocycles. The van der Waals surface area contributed by atoms with E-state index in [1.165, 1.54) is 5.52 Å². The minimum atomic E-state index is -1.31. The van der Waals surface area contributed by atoms with Gasteiger partial charge in [0.2, 0.25) is 0 Å². The summed E-state index contributed by atoms with van der Waals surface area (Å²) in [5.41, 5.74) is 2.28. The van der Waals surface area contributed by atoms with Gasteiger partial charge in [-0.1, -0.05) is 25.7 Å². The van der Waals surface area contributed by atoms with Crippen molar-refractivity contribution in [1.29, 1.82) is 0 Å². The van der Waals surface area contributed by atoms with Gasteiger partial charge in [-0.05, 0) is 18.2 Å². The van der Waals surface area contributed by atoms with Gasteiger partial charge in [-0.25, -0.2) is 4.98 Å². The summed E-state index contributed by atoms with van der Waals surface area (Å²) in [7, 11) is -1.31. The van der Waals surface area contributed by atoms with Crippen LogP contribution in [0.5, 0.6) is 0 Å². The zero-order chi connectivity index (χ0) is 9.47. The van der Waals surface area contributed by atoms with Gasteiger partial charge in [0, 0.05) is 0 Å². The highest BCUT2D eigenvalue weighted by Crippen LogP contribution is 2.16. The van der Waals surface area contributed by atoms with Crippen LogP contribution in [0.3, 0.4) is 0 Å². The minimum Gasteiger partial charge on any atom is -0.359 e. The summed E-state index contributed by atoms with van der Waals surface area (Å²) in [4.78, 5) is 4.36. The Labute approximate surface area is 79.3 Å². The SMILES string of the molecule is C[Si](C)(C)n1cnc2cc[c]cc21. The highest BCUT2D eigenvalue weighted by molar-refractivity contribution is 6.75. The molecular formula is C10H13N2Si. The Bertz CT molecular complexity index is 426. The Hall–Kier alpha value is -1.09. The van der Waals surface area contributed by atoms with Gasteiger partial charge in [0.25, 0.3) is 0 Å². The van der Waals surface area contributed by atoms with Crippen molar-refractivity contribution in [2.45, 2.75) is 19.6 Å². The maximum absolute atomic E-state index is 4.36. The molecule has 2 nitrogen and oxygen atoms in total. The second kappa shape index (κ2) is 2.70. The van der Waals surface area contributed by atoms with Crippen molar-refractivity contribution in [3.63, 3.8) is 0 Å². The van der Waals surface area contributed by atoms with Crippen molar-refractivity contribution in [3.8, 4) is 0 Å². The fourth-order valence-corrected chi connectivity index (χ4v) is 2.74. The summed E-state index contributed by atoms with van der Waals surface area (Å²) >= 11 is 0. The minimum absolute atomic E-state index is 1.07. The van der Waals surface area contributed by atoms with Crippen LogP contribution in [0.15, 0.2) is 24.5 Å². The third-order valence-electron chi connectivity index (χ3n) is 2.11. The molecular weight excluding hydrogens is 176 g/mol. The smallest absolute Gasteiger partial charge is 0.154 e. The lowest BCUT2D eigenvalue weighted by molar-refractivity contribution is 1.16. The second-order valence-corrected chi connectivity index (χ2v) is 9.02. The van der Waals surface area contributed by atoms with Gasteiger partial charge in [-0.15, -0.1) is 0 Å². The van der Waals surface area contributed by atoms with E-state index < -0.39 is 8.24 Å². The average molecular weight is 189 g/mol. The Morgan fingerprint density at radius 2 is 2.15 bits per heavy atom. The fraction of sp³-hybridized carbons (Fsp3) is 0.300. The normalized spacial score (nSPS) is 12.2.